The summed E-state index contributed by atoms with van der Waals surface area (Å²) in [5, 5.41) is 0.589. The van der Waals surface area contributed by atoms with Gasteiger partial charge in [0.05, 0.1) is 6.61 Å². The fourth-order valence-electron chi connectivity index (χ4n) is 1.78. The van der Waals surface area contributed by atoms with Crippen molar-refractivity contribution in [2.24, 2.45) is 5.73 Å². The van der Waals surface area contributed by atoms with Crippen molar-refractivity contribution in [3.8, 4) is 11.5 Å². The number of thiocarbonyl (C=S) groups is 1. The van der Waals surface area contributed by atoms with Gasteiger partial charge in [-0.05, 0) is 37.3 Å². The van der Waals surface area contributed by atoms with Crippen molar-refractivity contribution in [2.75, 3.05) is 6.61 Å². The van der Waals surface area contributed by atoms with Crippen LogP contribution in [0.2, 0.25) is 5.02 Å². The first-order chi connectivity index (χ1) is 10.1. The molecule has 2 aromatic rings. The molecule has 0 radical (unpaired) electrons. The lowest BCUT2D eigenvalue weighted by atomic mass is 10.1. The van der Waals surface area contributed by atoms with Gasteiger partial charge in [-0.25, -0.2) is 0 Å². The molecule has 0 heterocycles. The van der Waals surface area contributed by atoms with E-state index < -0.39 is 0 Å². The van der Waals surface area contributed by atoms with Crippen LogP contribution in [0, 0.1) is 0 Å². The van der Waals surface area contributed by atoms with E-state index in [0.717, 1.165) is 22.6 Å². The molecule has 2 N–H and O–H groups in total. The van der Waals surface area contributed by atoms with E-state index in [1.165, 1.54) is 0 Å². The van der Waals surface area contributed by atoms with Gasteiger partial charge in [-0.3, -0.25) is 0 Å². The summed E-state index contributed by atoms with van der Waals surface area (Å²) in [4.78, 5) is 0.330. The van der Waals surface area contributed by atoms with E-state index >= 15 is 0 Å². The van der Waals surface area contributed by atoms with Crippen LogP contribution in [-0.4, -0.2) is 11.6 Å². The van der Waals surface area contributed by atoms with Crippen molar-refractivity contribution in [3.05, 3.63) is 58.6 Å². The van der Waals surface area contributed by atoms with Gasteiger partial charge in [-0.15, -0.1) is 0 Å². The molecule has 0 fully saturated rings. The highest BCUT2D eigenvalue weighted by Gasteiger charge is 2.05. The third kappa shape index (κ3) is 4.34. The second-order valence-electron chi connectivity index (χ2n) is 4.36. The largest absolute Gasteiger partial charge is 0.494 e. The van der Waals surface area contributed by atoms with Crippen molar-refractivity contribution >= 4 is 28.8 Å². The van der Waals surface area contributed by atoms with Gasteiger partial charge in [0.15, 0.2) is 0 Å². The molecule has 0 aliphatic carbocycles. The fraction of sp³-hybridized carbons (Fsp3) is 0.188. The highest BCUT2D eigenvalue weighted by atomic mass is 35.5. The Labute approximate surface area is 134 Å². The number of nitrogens with two attached hydrogens (primary N) is 1. The summed E-state index contributed by atoms with van der Waals surface area (Å²) in [7, 11) is 0. The number of halogens is 1. The van der Waals surface area contributed by atoms with E-state index in [4.69, 9.17) is 39.0 Å². The average molecular weight is 322 g/mol. The van der Waals surface area contributed by atoms with Crippen LogP contribution in [0.5, 0.6) is 11.5 Å². The number of hydrogen-bond donors (Lipinski definition) is 1. The molecule has 0 saturated heterocycles. The van der Waals surface area contributed by atoms with Crippen LogP contribution in [0.3, 0.4) is 0 Å². The van der Waals surface area contributed by atoms with Crippen molar-refractivity contribution in [1.82, 2.24) is 0 Å². The highest BCUT2D eigenvalue weighted by molar-refractivity contribution is 7.80. The third-order valence-corrected chi connectivity index (χ3v) is 3.45. The van der Waals surface area contributed by atoms with E-state index in [0.29, 0.717) is 23.2 Å². The summed E-state index contributed by atoms with van der Waals surface area (Å²) in [6.07, 6.45) is 0. The molecule has 0 aliphatic heterocycles. The van der Waals surface area contributed by atoms with Crippen LogP contribution in [-0.2, 0) is 6.61 Å². The maximum absolute atomic E-state index is 6.19. The Hall–Kier alpha value is -1.78. The molecule has 0 saturated carbocycles. The van der Waals surface area contributed by atoms with E-state index in [1.54, 1.807) is 6.07 Å². The zero-order valence-corrected chi connectivity index (χ0v) is 13.2. The molecule has 110 valence electrons. The monoisotopic (exact) mass is 321 g/mol. The van der Waals surface area contributed by atoms with Gasteiger partial charge in [-0.1, -0.05) is 36.0 Å². The normalized spacial score (nSPS) is 10.2. The molecule has 0 atom stereocenters. The molecule has 0 bridgehead atoms. The predicted molar refractivity (Wildman–Crippen MR) is 89.3 cm³/mol. The first-order valence-corrected chi connectivity index (χ1v) is 7.32. The van der Waals surface area contributed by atoms with Gasteiger partial charge in [0, 0.05) is 16.1 Å². The first kappa shape index (κ1) is 15.6. The lowest BCUT2D eigenvalue weighted by molar-refractivity contribution is 0.304. The summed E-state index contributed by atoms with van der Waals surface area (Å²) < 4.78 is 11.1. The molecule has 2 aromatic carbocycles. The van der Waals surface area contributed by atoms with Gasteiger partial charge >= 0.3 is 0 Å². The van der Waals surface area contributed by atoms with E-state index in [-0.39, 0.29) is 0 Å². The summed E-state index contributed by atoms with van der Waals surface area (Å²) in [5.41, 5.74) is 7.20. The average Bonchev–Trinajstić information content (AvgIpc) is 2.47. The smallest absolute Gasteiger partial charge is 0.120 e. The Bertz CT molecular complexity index is 629. The Morgan fingerprint density at radius 1 is 1.10 bits per heavy atom. The molecule has 3 nitrogen and oxygen atoms in total. The minimum Gasteiger partial charge on any atom is -0.494 e. The predicted octanol–water partition coefficient (Wildman–Crippen LogP) is 3.95. The van der Waals surface area contributed by atoms with Gasteiger partial charge in [0.1, 0.15) is 23.1 Å². The Balaban J connectivity index is 2.01. The van der Waals surface area contributed by atoms with Crippen LogP contribution in [0.25, 0.3) is 0 Å². The fourth-order valence-corrected chi connectivity index (χ4v) is 2.14. The van der Waals surface area contributed by atoms with Crippen LogP contribution in [0.4, 0.5) is 0 Å². The molecule has 0 spiro atoms. The molecular formula is C16H16ClNO2S. The first-order valence-electron chi connectivity index (χ1n) is 6.54. The second-order valence-corrected chi connectivity index (χ2v) is 5.21. The summed E-state index contributed by atoms with van der Waals surface area (Å²) in [5.74, 6) is 1.58. The maximum atomic E-state index is 6.19. The zero-order valence-electron chi connectivity index (χ0n) is 11.6. The molecule has 2 rings (SSSR count). The number of hydrogen-bond acceptors (Lipinski definition) is 3. The molecule has 0 amide bonds. The van der Waals surface area contributed by atoms with Gasteiger partial charge < -0.3 is 15.2 Å². The summed E-state index contributed by atoms with van der Waals surface area (Å²) >= 11 is 11.1. The maximum Gasteiger partial charge on any atom is 0.120 e. The van der Waals surface area contributed by atoms with Crippen LogP contribution in [0.1, 0.15) is 18.1 Å². The number of benzene rings is 2. The minimum atomic E-state index is 0.330. The molecule has 0 aliphatic rings. The topological polar surface area (TPSA) is 44.5 Å². The van der Waals surface area contributed by atoms with E-state index in [2.05, 4.69) is 0 Å². The summed E-state index contributed by atoms with van der Waals surface area (Å²) in [6, 6.07) is 12.9. The lowest BCUT2D eigenvalue weighted by Gasteiger charge is -2.10. The minimum absolute atomic E-state index is 0.330. The molecule has 0 unspecified atom stereocenters. The Morgan fingerprint density at radius 3 is 2.24 bits per heavy atom. The van der Waals surface area contributed by atoms with E-state index in [9.17, 15) is 0 Å². The van der Waals surface area contributed by atoms with Crippen molar-refractivity contribution < 1.29 is 9.47 Å². The standard InChI is InChI=1S/C16H16ClNO2S/c1-2-19-13-5-7-14(8-6-13)20-10-12-4-3-11(16(18)21)9-15(12)17/h3-9H,2,10H2,1H3,(H2,18,21). The van der Waals surface area contributed by atoms with E-state index in [1.807, 2.05) is 43.3 Å². The SMILES string of the molecule is CCOc1ccc(OCc2ccc(C(N)=S)cc2Cl)cc1. The van der Waals surface area contributed by atoms with Gasteiger partial charge in [0.2, 0.25) is 0 Å². The molecule has 0 aromatic heterocycles. The van der Waals surface area contributed by atoms with Crippen LogP contribution >= 0.6 is 23.8 Å². The number of ether oxygens (including phenoxy) is 2. The van der Waals surface area contributed by atoms with Gasteiger partial charge in [-0.2, -0.15) is 0 Å². The number of rotatable bonds is 6. The van der Waals surface area contributed by atoms with Gasteiger partial charge in [0.25, 0.3) is 0 Å². The Kier molecular flexibility index (Phi) is 5.42. The summed E-state index contributed by atoms with van der Waals surface area (Å²) in [6.45, 7) is 2.97. The zero-order chi connectivity index (χ0) is 15.2. The molecule has 21 heavy (non-hydrogen) atoms. The molecule has 5 heteroatoms. The van der Waals surface area contributed by atoms with Crippen LogP contribution in [0.15, 0.2) is 42.5 Å². The van der Waals surface area contributed by atoms with Crippen molar-refractivity contribution in [3.63, 3.8) is 0 Å². The Morgan fingerprint density at radius 2 is 1.71 bits per heavy atom. The quantitative estimate of drug-likeness (QED) is 0.818. The highest BCUT2D eigenvalue weighted by Crippen LogP contribution is 2.22. The van der Waals surface area contributed by atoms with Crippen LogP contribution < -0.4 is 15.2 Å². The second kappa shape index (κ2) is 7.29. The third-order valence-electron chi connectivity index (χ3n) is 2.87. The lowest BCUT2D eigenvalue weighted by Crippen LogP contribution is -2.09. The van der Waals surface area contributed by atoms with Crippen molar-refractivity contribution in [2.45, 2.75) is 13.5 Å². The molecular weight excluding hydrogens is 306 g/mol. The van der Waals surface area contributed by atoms with Crippen molar-refractivity contribution in [1.29, 1.82) is 0 Å².